The van der Waals surface area contributed by atoms with Crippen LogP contribution in [0, 0.1) is 23.7 Å². The largest absolute Gasteiger partial charge is 0.350 e. The van der Waals surface area contributed by atoms with Crippen molar-refractivity contribution in [2.45, 2.75) is 104 Å². The quantitative estimate of drug-likeness (QED) is 0.318. The summed E-state index contributed by atoms with van der Waals surface area (Å²) in [6.45, 7) is 9.37. The van der Waals surface area contributed by atoms with Gasteiger partial charge in [0.1, 0.15) is 24.2 Å². The average Bonchev–Trinajstić information content (AvgIpc) is 3.03. The SMILES string of the molecule is CC(C)C[C@@H]1NC(=O)[C@H](Cc2ccccc2)NC(=O)C(C(C)C)NC(=O)CCCCC#Cc2cccc(c2)CNC(=O)[C@H](C)NC1=O. The Balaban J connectivity index is 1.90. The topological polar surface area (TPSA) is 146 Å². The van der Waals surface area contributed by atoms with Gasteiger partial charge in [0.15, 0.2) is 0 Å². The molecule has 2 aromatic rings. The first-order chi connectivity index (χ1) is 22.4. The van der Waals surface area contributed by atoms with Crippen molar-refractivity contribution in [3.63, 3.8) is 0 Å². The molecule has 2 bridgehead atoms. The molecule has 1 aliphatic heterocycles. The van der Waals surface area contributed by atoms with E-state index in [0.29, 0.717) is 19.3 Å². The molecule has 3 rings (SSSR count). The molecular weight excluding hydrogens is 594 g/mol. The second kappa shape index (κ2) is 18.5. The first kappa shape index (κ1) is 36.8. The minimum absolute atomic E-state index is 0.0418. The zero-order valence-corrected chi connectivity index (χ0v) is 28.2. The highest BCUT2D eigenvalue weighted by Crippen LogP contribution is 2.11. The van der Waals surface area contributed by atoms with Crippen molar-refractivity contribution in [2.75, 3.05) is 0 Å². The number of nitrogens with one attached hydrogen (secondary N) is 5. The number of hydrogen-bond donors (Lipinski definition) is 5. The van der Waals surface area contributed by atoms with Gasteiger partial charge < -0.3 is 26.6 Å². The van der Waals surface area contributed by atoms with E-state index >= 15 is 0 Å². The van der Waals surface area contributed by atoms with Crippen molar-refractivity contribution in [1.29, 1.82) is 0 Å². The molecule has 1 aliphatic rings. The van der Waals surface area contributed by atoms with Gasteiger partial charge in [-0.05, 0) is 61.3 Å². The summed E-state index contributed by atoms with van der Waals surface area (Å²) in [6.07, 6.45) is 2.66. The number of carbonyl (C=O) groups excluding carboxylic acids is 5. The van der Waals surface area contributed by atoms with E-state index < -0.39 is 41.9 Å². The Hall–Kier alpha value is -4.65. The monoisotopic (exact) mass is 643 g/mol. The zero-order chi connectivity index (χ0) is 34.3. The summed E-state index contributed by atoms with van der Waals surface area (Å²) in [5.74, 6) is 3.94. The second-order valence-electron chi connectivity index (χ2n) is 12.9. The Morgan fingerprint density at radius 3 is 2.17 bits per heavy atom. The Morgan fingerprint density at radius 2 is 1.47 bits per heavy atom. The molecule has 0 aromatic heterocycles. The van der Waals surface area contributed by atoms with E-state index in [2.05, 4.69) is 38.4 Å². The molecule has 5 N–H and O–H groups in total. The third-order valence-electron chi connectivity index (χ3n) is 7.86. The fourth-order valence-electron chi connectivity index (χ4n) is 5.22. The van der Waals surface area contributed by atoms with Crippen LogP contribution in [0.15, 0.2) is 54.6 Å². The first-order valence-corrected chi connectivity index (χ1v) is 16.5. The summed E-state index contributed by atoms with van der Waals surface area (Å²) >= 11 is 0. The zero-order valence-electron chi connectivity index (χ0n) is 28.2. The molecule has 1 unspecified atom stereocenters. The molecule has 0 spiro atoms. The van der Waals surface area contributed by atoms with Crippen LogP contribution in [-0.2, 0) is 36.9 Å². The van der Waals surface area contributed by atoms with E-state index in [1.54, 1.807) is 6.92 Å². The molecular formula is C37H49N5O5. The fraction of sp³-hybridized carbons (Fsp3) is 0.486. The molecule has 0 saturated heterocycles. The van der Waals surface area contributed by atoms with Crippen LogP contribution in [0.5, 0.6) is 0 Å². The third kappa shape index (κ3) is 12.6. The number of benzene rings is 2. The highest BCUT2D eigenvalue weighted by Gasteiger charge is 2.32. The summed E-state index contributed by atoms with van der Waals surface area (Å²) in [5, 5.41) is 14.1. The van der Waals surface area contributed by atoms with Gasteiger partial charge >= 0.3 is 0 Å². The van der Waals surface area contributed by atoms with Gasteiger partial charge in [0.2, 0.25) is 29.5 Å². The molecule has 0 aliphatic carbocycles. The van der Waals surface area contributed by atoms with Gasteiger partial charge in [-0.2, -0.15) is 0 Å². The van der Waals surface area contributed by atoms with Crippen molar-refractivity contribution in [3.05, 3.63) is 71.3 Å². The van der Waals surface area contributed by atoms with E-state index in [1.165, 1.54) is 0 Å². The highest BCUT2D eigenvalue weighted by molar-refractivity contribution is 5.95. The molecule has 1 heterocycles. The molecule has 5 amide bonds. The number of rotatable bonds is 5. The molecule has 47 heavy (non-hydrogen) atoms. The van der Waals surface area contributed by atoms with Gasteiger partial charge in [0.05, 0.1) is 0 Å². The number of fused-ring (bicyclic) bond motifs is 2. The summed E-state index contributed by atoms with van der Waals surface area (Å²) in [7, 11) is 0. The van der Waals surface area contributed by atoms with E-state index in [9.17, 15) is 24.0 Å². The van der Waals surface area contributed by atoms with Crippen molar-refractivity contribution in [3.8, 4) is 11.8 Å². The van der Waals surface area contributed by atoms with Crippen molar-refractivity contribution >= 4 is 29.5 Å². The van der Waals surface area contributed by atoms with Gasteiger partial charge in [-0.3, -0.25) is 24.0 Å². The number of amides is 5. The minimum atomic E-state index is -1.02. The van der Waals surface area contributed by atoms with E-state index in [4.69, 9.17) is 0 Å². The Labute approximate surface area is 278 Å². The van der Waals surface area contributed by atoms with Crippen LogP contribution in [0.4, 0.5) is 0 Å². The molecule has 252 valence electrons. The van der Waals surface area contributed by atoms with Crippen molar-refractivity contribution in [2.24, 2.45) is 11.8 Å². The van der Waals surface area contributed by atoms with Crippen LogP contribution in [-0.4, -0.2) is 53.7 Å². The van der Waals surface area contributed by atoms with Crippen molar-refractivity contribution in [1.82, 2.24) is 26.6 Å². The second-order valence-corrected chi connectivity index (χ2v) is 12.9. The highest BCUT2D eigenvalue weighted by atomic mass is 16.2. The summed E-state index contributed by atoms with van der Waals surface area (Å²) in [5.41, 5.74) is 2.50. The molecule has 0 saturated carbocycles. The van der Waals surface area contributed by atoms with Gasteiger partial charge in [0, 0.05) is 31.4 Å². The van der Waals surface area contributed by atoms with Crippen LogP contribution in [0.2, 0.25) is 0 Å². The van der Waals surface area contributed by atoms with E-state index in [1.807, 2.05) is 82.3 Å². The maximum absolute atomic E-state index is 13.8. The van der Waals surface area contributed by atoms with E-state index in [0.717, 1.165) is 23.1 Å². The predicted molar refractivity (Wildman–Crippen MR) is 181 cm³/mol. The number of carbonyl (C=O) groups is 5. The summed E-state index contributed by atoms with van der Waals surface area (Å²) < 4.78 is 0. The van der Waals surface area contributed by atoms with Crippen molar-refractivity contribution < 1.29 is 24.0 Å². The Kier molecular flexibility index (Phi) is 14.5. The van der Waals surface area contributed by atoms with Crippen LogP contribution >= 0.6 is 0 Å². The normalized spacial score (nSPS) is 22.5. The minimum Gasteiger partial charge on any atom is -0.350 e. The van der Waals surface area contributed by atoms with Crippen LogP contribution in [0.3, 0.4) is 0 Å². The predicted octanol–water partition coefficient (Wildman–Crippen LogP) is 3.13. The molecule has 0 radical (unpaired) electrons. The smallest absolute Gasteiger partial charge is 0.243 e. The molecule has 10 nitrogen and oxygen atoms in total. The van der Waals surface area contributed by atoms with E-state index in [-0.39, 0.29) is 43.0 Å². The fourth-order valence-corrected chi connectivity index (χ4v) is 5.22. The Bertz CT molecular complexity index is 1450. The molecule has 10 heteroatoms. The summed E-state index contributed by atoms with van der Waals surface area (Å²) in [6, 6.07) is 13.1. The van der Waals surface area contributed by atoms with Crippen LogP contribution in [0.1, 0.15) is 83.4 Å². The van der Waals surface area contributed by atoms with Crippen LogP contribution < -0.4 is 26.6 Å². The molecule has 0 fully saturated rings. The van der Waals surface area contributed by atoms with Gasteiger partial charge in [-0.1, -0.05) is 82.0 Å². The molecule has 4 atom stereocenters. The van der Waals surface area contributed by atoms with Gasteiger partial charge in [-0.15, -0.1) is 0 Å². The van der Waals surface area contributed by atoms with Crippen LogP contribution in [0.25, 0.3) is 0 Å². The maximum atomic E-state index is 13.8. The summed E-state index contributed by atoms with van der Waals surface area (Å²) in [4.78, 5) is 66.6. The average molecular weight is 644 g/mol. The van der Waals surface area contributed by atoms with Gasteiger partial charge in [0.25, 0.3) is 0 Å². The lowest BCUT2D eigenvalue weighted by atomic mass is 9.99. The van der Waals surface area contributed by atoms with Gasteiger partial charge in [-0.25, -0.2) is 0 Å². The maximum Gasteiger partial charge on any atom is 0.243 e. The number of hydrogen-bond acceptors (Lipinski definition) is 5. The first-order valence-electron chi connectivity index (χ1n) is 16.5. The third-order valence-corrected chi connectivity index (χ3v) is 7.86. The lowest BCUT2D eigenvalue weighted by molar-refractivity contribution is -0.135. The standard InChI is InChI=1S/C37H49N5O5/c1-24(2)20-30-35(45)39-26(5)34(44)38-23-29-18-13-17-27(21-29)14-9-6-7-12-19-32(43)42-33(25(3)4)37(47)41-31(36(46)40-30)22-28-15-10-8-11-16-28/h8,10-11,13,15-18,21,24-26,30-31,33H,6-7,12,19-20,22-23H2,1-5H3,(H,38,44)(H,39,45)(H,40,46)(H,41,47)(H,42,43)/t26-,30-,31-,33?/m0/s1. The lowest BCUT2D eigenvalue weighted by Gasteiger charge is -2.28. The Morgan fingerprint density at radius 1 is 0.766 bits per heavy atom. The molecule has 2 aromatic carbocycles. The lowest BCUT2D eigenvalue weighted by Crippen LogP contribution is -2.59.